The molecule has 0 aromatic heterocycles. The second-order valence-electron chi connectivity index (χ2n) is 14.1. The van der Waals surface area contributed by atoms with Crippen molar-refractivity contribution in [2.24, 2.45) is 0 Å². The van der Waals surface area contributed by atoms with E-state index in [2.05, 4.69) is 19.2 Å². The van der Waals surface area contributed by atoms with Crippen molar-refractivity contribution in [3.63, 3.8) is 0 Å². The van der Waals surface area contributed by atoms with E-state index in [4.69, 9.17) is 9.47 Å². The Morgan fingerprint density at radius 3 is 1.51 bits per heavy atom. The largest absolute Gasteiger partial charge is 0.394 e. The number of rotatable bonds is 32. The van der Waals surface area contributed by atoms with Crippen molar-refractivity contribution >= 4 is 5.91 Å². The number of unbranched alkanes of at least 4 members (excludes halogenated alkanes) is 22. The second kappa shape index (κ2) is 30.1. The first-order valence-corrected chi connectivity index (χ1v) is 19.7. The Kier molecular flexibility index (Phi) is 28.3. The summed E-state index contributed by atoms with van der Waals surface area (Å²) in [5.41, 5.74) is 0. The zero-order valence-corrected chi connectivity index (χ0v) is 30.3. The molecule has 0 saturated carbocycles. The monoisotopic (exact) mass is 674 g/mol. The number of amides is 1. The van der Waals surface area contributed by atoms with Crippen molar-refractivity contribution in [2.45, 2.75) is 224 Å². The van der Waals surface area contributed by atoms with Crippen molar-refractivity contribution in [1.82, 2.24) is 5.32 Å². The second-order valence-corrected chi connectivity index (χ2v) is 14.1. The zero-order chi connectivity index (χ0) is 34.5. The van der Waals surface area contributed by atoms with E-state index >= 15 is 0 Å². The number of hydrogen-bond donors (Lipinski definition) is 6. The summed E-state index contributed by atoms with van der Waals surface area (Å²) in [6, 6.07) is -0.708. The fourth-order valence-corrected chi connectivity index (χ4v) is 6.45. The van der Waals surface area contributed by atoms with Crippen molar-refractivity contribution in [1.29, 1.82) is 0 Å². The zero-order valence-electron chi connectivity index (χ0n) is 30.3. The Balaban J connectivity index is 2.41. The van der Waals surface area contributed by atoms with Crippen LogP contribution in [-0.2, 0) is 14.3 Å². The van der Waals surface area contributed by atoms with Gasteiger partial charge in [0.2, 0.25) is 5.91 Å². The lowest BCUT2D eigenvalue weighted by molar-refractivity contribution is -0.302. The van der Waals surface area contributed by atoms with Gasteiger partial charge in [0.25, 0.3) is 0 Å². The normalized spacial score (nSPS) is 22.7. The van der Waals surface area contributed by atoms with Crippen LogP contribution in [0, 0.1) is 0 Å². The quantitative estimate of drug-likeness (QED) is 0.0426. The highest BCUT2D eigenvalue weighted by molar-refractivity contribution is 5.76. The molecule has 47 heavy (non-hydrogen) atoms. The van der Waals surface area contributed by atoms with Crippen LogP contribution in [0.4, 0.5) is 0 Å². The van der Waals surface area contributed by atoms with Gasteiger partial charge in [0, 0.05) is 6.42 Å². The molecule has 0 unspecified atom stereocenters. The van der Waals surface area contributed by atoms with Gasteiger partial charge in [-0.05, 0) is 12.8 Å². The molecule has 0 spiro atoms. The topological polar surface area (TPSA) is 149 Å². The van der Waals surface area contributed by atoms with E-state index in [0.717, 1.165) is 38.5 Å². The summed E-state index contributed by atoms with van der Waals surface area (Å²) in [6.07, 6.45) is 22.5. The highest BCUT2D eigenvalue weighted by Gasteiger charge is 2.44. The van der Waals surface area contributed by atoms with E-state index in [-0.39, 0.29) is 12.5 Å². The third kappa shape index (κ3) is 21.8. The minimum absolute atomic E-state index is 0.133. The fourth-order valence-electron chi connectivity index (χ4n) is 6.45. The molecule has 7 atom stereocenters. The number of carbonyl (C=O) groups is 1. The average molecular weight is 674 g/mol. The Morgan fingerprint density at radius 1 is 0.638 bits per heavy atom. The third-order valence-corrected chi connectivity index (χ3v) is 9.71. The summed E-state index contributed by atoms with van der Waals surface area (Å²) < 4.78 is 11.2. The summed E-state index contributed by atoms with van der Waals surface area (Å²) in [4.78, 5) is 12.9. The molecule has 1 fully saturated rings. The van der Waals surface area contributed by atoms with Crippen LogP contribution in [0.5, 0.6) is 0 Å². The van der Waals surface area contributed by atoms with Crippen LogP contribution in [0.1, 0.15) is 181 Å². The van der Waals surface area contributed by atoms with Gasteiger partial charge in [-0.2, -0.15) is 0 Å². The Hall–Kier alpha value is -0.810. The van der Waals surface area contributed by atoms with Crippen molar-refractivity contribution < 1.29 is 39.8 Å². The predicted molar refractivity (Wildman–Crippen MR) is 189 cm³/mol. The van der Waals surface area contributed by atoms with Gasteiger partial charge in [-0.3, -0.25) is 4.79 Å². The van der Waals surface area contributed by atoms with E-state index in [0.29, 0.717) is 12.8 Å². The Morgan fingerprint density at radius 2 is 1.06 bits per heavy atom. The van der Waals surface area contributed by atoms with E-state index in [1.165, 1.54) is 116 Å². The smallest absolute Gasteiger partial charge is 0.220 e. The molecule has 1 amide bonds. The molecule has 9 nitrogen and oxygen atoms in total. The van der Waals surface area contributed by atoms with Crippen molar-refractivity contribution in [3.8, 4) is 0 Å². The average Bonchev–Trinajstić information content (AvgIpc) is 3.07. The summed E-state index contributed by atoms with van der Waals surface area (Å²) >= 11 is 0. The first-order chi connectivity index (χ1) is 22.8. The number of aliphatic hydroxyl groups is 5. The van der Waals surface area contributed by atoms with E-state index in [1.54, 1.807) is 0 Å². The lowest BCUT2D eigenvalue weighted by Gasteiger charge is -2.40. The van der Waals surface area contributed by atoms with Gasteiger partial charge in [-0.15, -0.1) is 0 Å². The Bertz CT molecular complexity index is 711. The van der Waals surface area contributed by atoms with E-state index < -0.39 is 49.5 Å². The molecule has 6 N–H and O–H groups in total. The van der Waals surface area contributed by atoms with Crippen molar-refractivity contribution in [2.75, 3.05) is 13.2 Å². The Labute approximate surface area is 287 Å². The predicted octanol–water partition coefficient (Wildman–Crippen LogP) is 6.83. The van der Waals surface area contributed by atoms with Crippen LogP contribution in [0.2, 0.25) is 0 Å². The molecule has 1 saturated heterocycles. The van der Waals surface area contributed by atoms with Gasteiger partial charge < -0.3 is 40.3 Å². The molecule has 0 radical (unpaired) electrons. The first-order valence-electron chi connectivity index (χ1n) is 19.7. The number of ether oxygens (including phenoxy) is 2. The summed E-state index contributed by atoms with van der Waals surface area (Å²) in [6.45, 7) is 3.81. The molecular weight excluding hydrogens is 598 g/mol. The number of hydrogen-bond acceptors (Lipinski definition) is 8. The molecule has 0 aromatic carbocycles. The molecule has 280 valence electrons. The van der Waals surface area contributed by atoms with Gasteiger partial charge >= 0.3 is 0 Å². The summed E-state index contributed by atoms with van der Waals surface area (Å²) in [5, 5.41) is 54.0. The van der Waals surface area contributed by atoms with Gasteiger partial charge in [-0.1, -0.05) is 162 Å². The molecule has 0 aliphatic carbocycles. The van der Waals surface area contributed by atoms with E-state index in [1.807, 2.05) is 0 Å². The number of nitrogens with one attached hydrogen (secondary N) is 1. The van der Waals surface area contributed by atoms with Gasteiger partial charge in [0.05, 0.1) is 25.4 Å². The van der Waals surface area contributed by atoms with Crippen LogP contribution < -0.4 is 5.32 Å². The van der Waals surface area contributed by atoms with E-state index in [9.17, 15) is 30.3 Å². The molecule has 1 heterocycles. The van der Waals surface area contributed by atoms with Crippen LogP contribution in [-0.4, -0.2) is 87.5 Å². The maximum atomic E-state index is 12.9. The highest BCUT2D eigenvalue weighted by Crippen LogP contribution is 2.23. The van der Waals surface area contributed by atoms with Crippen LogP contribution in [0.25, 0.3) is 0 Å². The van der Waals surface area contributed by atoms with Gasteiger partial charge in [-0.25, -0.2) is 0 Å². The maximum Gasteiger partial charge on any atom is 0.220 e. The highest BCUT2D eigenvalue weighted by atomic mass is 16.7. The number of aliphatic hydroxyl groups excluding tert-OH is 5. The molecule has 0 bridgehead atoms. The molecule has 1 rings (SSSR count). The fraction of sp³-hybridized carbons (Fsp3) is 0.974. The molecule has 9 heteroatoms. The summed E-state index contributed by atoms with van der Waals surface area (Å²) in [5.74, 6) is -0.146. The molecule has 0 aromatic rings. The third-order valence-electron chi connectivity index (χ3n) is 9.71. The summed E-state index contributed by atoms with van der Waals surface area (Å²) in [7, 11) is 0. The van der Waals surface area contributed by atoms with Crippen molar-refractivity contribution in [3.05, 3.63) is 0 Å². The number of carbonyl (C=O) groups excluding carboxylic acids is 1. The van der Waals surface area contributed by atoms with Crippen LogP contribution in [0.15, 0.2) is 0 Å². The first kappa shape index (κ1) is 44.2. The molecular formula is C38H75NO8. The SMILES string of the molecule is CCCCCCCCCCCCCCC[C@@H](O)[C@H](CO[C@H]1O[C@@H](CO)[C@H](O)[C@H](O)[C@@H]1O)NC(=O)CCCCCCCCCCCCC. The molecule has 1 aliphatic heterocycles. The van der Waals surface area contributed by atoms with Crippen LogP contribution >= 0.6 is 0 Å². The molecule has 1 aliphatic rings. The van der Waals surface area contributed by atoms with Gasteiger partial charge in [0.1, 0.15) is 24.4 Å². The standard InChI is InChI=1S/C38H75NO8/c1-3-5-7-9-11-13-15-16-18-19-21-23-25-27-32(41)31(30-46-38-37(45)36(44)35(43)33(29-40)47-38)39-34(42)28-26-24-22-20-17-14-12-10-8-6-4-2/h31-33,35-38,40-41,43-45H,3-30H2,1-2H3,(H,39,42)/t31-,32+,33-,35-,36-,37-,38-/m0/s1. The minimum atomic E-state index is -1.55. The minimum Gasteiger partial charge on any atom is -0.394 e. The lowest BCUT2D eigenvalue weighted by atomic mass is 9.99. The lowest BCUT2D eigenvalue weighted by Crippen LogP contribution is -2.60. The van der Waals surface area contributed by atoms with Gasteiger partial charge in [0.15, 0.2) is 6.29 Å². The maximum absolute atomic E-state index is 12.9. The van der Waals surface area contributed by atoms with Crippen LogP contribution in [0.3, 0.4) is 0 Å².